The Morgan fingerprint density at radius 1 is 1.14 bits per heavy atom. The van der Waals surface area contributed by atoms with Gasteiger partial charge in [0.25, 0.3) is 0 Å². The van der Waals surface area contributed by atoms with Gasteiger partial charge >= 0.3 is 0 Å². The Morgan fingerprint density at radius 3 is 2.73 bits per heavy atom. The van der Waals surface area contributed by atoms with E-state index >= 15 is 0 Å². The number of thiophene rings is 1. The molecule has 0 spiro atoms. The normalized spacial score (nSPS) is 10.6. The van der Waals surface area contributed by atoms with E-state index in [-0.39, 0.29) is 5.91 Å². The molecule has 0 aliphatic carbocycles. The summed E-state index contributed by atoms with van der Waals surface area (Å²) < 4.78 is 5.23. The van der Waals surface area contributed by atoms with Gasteiger partial charge in [0, 0.05) is 11.4 Å². The molecule has 1 amide bonds. The standard InChI is InChI=1S/C18H17NO2S/c1-21-16-7-6-14-9-13(4-5-15(14)10-16)12-19-18(20)11-17-3-2-8-22-17/h2-10H,11-12H2,1H3,(H,19,20). The first-order chi connectivity index (χ1) is 10.7. The van der Waals surface area contributed by atoms with Gasteiger partial charge in [0.15, 0.2) is 0 Å². The Balaban J connectivity index is 1.65. The summed E-state index contributed by atoms with van der Waals surface area (Å²) in [6.07, 6.45) is 0.447. The molecule has 1 aromatic heterocycles. The average Bonchev–Trinajstić information content (AvgIpc) is 3.05. The highest BCUT2D eigenvalue weighted by Crippen LogP contribution is 2.21. The lowest BCUT2D eigenvalue weighted by Gasteiger charge is -2.07. The van der Waals surface area contributed by atoms with Gasteiger partial charge in [-0.15, -0.1) is 11.3 Å². The zero-order valence-corrected chi connectivity index (χ0v) is 13.2. The van der Waals surface area contributed by atoms with E-state index in [4.69, 9.17) is 4.74 Å². The fraction of sp³-hybridized carbons (Fsp3) is 0.167. The van der Waals surface area contributed by atoms with Crippen molar-refractivity contribution in [2.24, 2.45) is 0 Å². The Kier molecular flexibility index (Phi) is 4.39. The van der Waals surface area contributed by atoms with Crippen molar-refractivity contribution < 1.29 is 9.53 Å². The SMILES string of the molecule is COc1ccc2cc(CNC(=O)Cc3cccs3)ccc2c1. The number of carbonyl (C=O) groups is 1. The van der Waals surface area contributed by atoms with E-state index in [2.05, 4.69) is 17.4 Å². The van der Waals surface area contributed by atoms with Crippen LogP contribution >= 0.6 is 11.3 Å². The van der Waals surface area contributed by atoms with Gasteiger partial charge in [-0.3, -0.25) is 4.79 Å². The van der Waals surface area contributed by atoms with Gasteiger partial charge in [-0.1, -0.05) is 24.3 Å². The summed E-state index contributed by atoms with van der Waals surface area (Å²) in [5.41, 5.74) is 1.09. The number of hydrogen-bond donors (Lipinski definition) is 1. The van der Waals surface area contributed by atoms with Gasteiger partial charge in [-0.25, -0.2) is 0 Å². The molecule has 3 nitrogen and oxygen atoms in total. The molecule has 0 aliphatic heterocycles. The molecule has 0 radical (unpaired) electrons. The summed E-state index contributed by atoms with van der Waals surface area (Å²) in [5.74, 6) is 0.904. The number of hydrogen-bond acceptors (Lipinski definition) is 3. The fourth-order valence-corrected chi connectivity index (χ4v) is 3.05. The molecule has 3 rings (SSSR count). The van der Waals surface area contributed by atoms with Crippen molar-refractivity contribution in [3.05, 3.63) is 64.4 Å². The molecule has 0 atom stereocenters. The molecule has 0 aliphatic rings. The van der Waals surface area contributed by atoms with E-state index in [1.165, 1.54) is 0 Å². The molecule has 0 fully saturated rings. The van der Waals surface area contributed by atoms with Gasteiger partial charge in [0.05, 0.1) is 13.5 Å². The van der Waals surface area contributed by atoms with Gasteiger partial charge in [-0.2, -0.15) is 0 Å². The Labute approximate surface area is 133 Å². The molecule has 0 saturated heterocycles. The third-order valence-electron chi connectivity index (χ3n) is 3.52. The van der Waals surface area contributed by atoms with Crippen LogP contribution in [-0.4, -0.2) is 13.0 Å². The highest BCUT2D eigenvalue weighted by molar-refractivity contribution is 7.10. The summed E-state index contributed by atoms with van der Waals surface area (Å²) in [6, 6.07) is 16.1. The van der Waals surface area contributed by atoms with Crippen molar-refractivity contribution in [1.29, 1.82) is 0 Å². The molecule has 0 unspecified atom stereocenters. The molecule has 0 saturated carbocycles. The molecule has 0 bridgehead atoms. The van der Waals surface area contributed by atoms with Crippen molar-refractivity contribution in [2.45, 2.75) is 13.0 Å². The number of rotatable bonds is 5. The largest absolute Gasteiger partial charge is 0.497 e. The maximum absolute atomic E-state index is 11.9. The lowest BCUT2D eigenvalue weighted by atomic mass is 10.1. The van der Waals surface area contributed by atoms with E-state index in [0.717, 1.165) is 27.0 Å². The molecule has 4 heteroatoms. The molecule has 1 N–H and O–H groups in total. The van der Waals surface area contributed by atoms with Crippen molar-refractivity contribution >= 4 is 28.0 Å². The van der Waals surface area contributed by atoms with Crippen LogP contribution in [0.15, 0.2) is 53.9 Å². The van der Waals surface area contributed by atoms with Gasteiger partial charge in [-0.05, 0) is 46.0 Å². The van der Waals surface area contributed by atoms with Gasteiger partial charge in [0.2, 0.25) is 5.91 Å². The van der Waals surface area contributed by atoms with Gasteiger partial charge in [0.1, 0.15) is 5.75 Å². The highest BCUT2D eigenvalue weighted by Gasteiger charge is 2.05. The lowest BCUT2D eigenvalue weighted by molar-refractivity contribution is -0.120. The summed E-state index contributed by atoms with van der Waals surface area (Å²) in [6.45, 7) is 0.548. The van der Waals surface area contributed by atoms with Crippen LogP contribution in [0.5, 0.6) is 5.75 Å². The lowest BCUT2D eigenvalue weighted by Crippen LogP contribution is -2.24. The number of carbonyl (C=O) groups excluding carboxylic acids is 1. The number of benzene rings is 2. The minimum absolute atomic E-state index is 0.0530. The third-order valence-corrected chi connectivity index (χ3v) is 4.39. The molecule has 1 heterocycles. The number of methoxy groups -OCH3 is 1. The van der Waals surface area contributed by atoms with Gasteiger partial charge < -0.3 is 10.1 Å². The Morgan fingerprint density at radius 2 is 1.95 bits per heavy atom. The second-order valence-corrected chi connectivity index (χ2v) is 6.11. The maximum Gasteiger partial charge on any atom is 0.225 e. The fourth-order valence-electron chi connectivity index (χ4n) is 2.34. The first-order valence-electron chi connectivity index (χ1n) is 7.10. The van der Waals surface area contributed by atoms with Crippen LogP contribution in [0, 0.1) is 0 Å². The van der Waals surface area contributed by atoms with Crippen molar-refractivity contribution in [1.82, 2.24) is 5.32 Å². The van der Waals surface area contributed by atoms with Crippen LogP contribution in [0.3, 0.4) is 0 Å². The smallest absolute Gasteiger partial charge is 0.225 e. The highest BCUT2D eigenvalue weighted by atomic mass is 32.1. The molecular weight excluding hydrogens is 294 g/mol. The molecule has 2 aromatic carbocycles. The Hall–Kier alpha value is -2.33. The zero-order chi connectivity index (χ0) is 15.4. The van der Waals surface area contributed by atoms with Crippen molar-refractivity contribution in [3.63, 3.8) is 0 Å². The number of fused-ring (bicyclic) bond motifs is 1. The van der Waals surface area contributed by atoms with Crippen LogP contribution < -0.4 is 10.1 Å². The third kappa shape index (κ3) is 3.46. The van der Waals surface area contributed by atoms with Crippen LogP contribution in [0.1, 0.15) is 10.4 Å². The summed E-state index contributed by atoms with van der Waals surface area (Å²) in [4.78, 5) is 13.0. The minimum atomic E-state index is 0.0530. The zero-order valence-electron chi connectivity index (χ0n) is 12.3. The van der Waals surface area contributed by atoms with E-state index in [1.807, 2.05) is 41.8 Å². The van der Waals surface area contributed by atoms with Crippen LogP contribution in [-0.2, 0) is 17.8 Å². The van der Waals surface area contributed by atoms with Crippen LogP contribution in [0.2, 0.25) is 0 Å². The van der Waals surface area contributed by atoms with Crippen molar-refractivity contribution in [2.75, 3.05) is 7.11 Å². The topological polar surface area (TPSA) is 38.3 Å². The number of nitrogens with one attached hydrogen (secondary N) is 1. The maximum atomic E-state index is 11.9. The second kappa shape index (κ2) is 6.62. The quantitative estimate of drug-likeness (QED) is 0.779. The van der Waals surface area contributed by atoms with Crippen LogP contribution in [0.4, 0.5) is 0 Å². The molecule has 3 aromatic rings. The number of ether oxygens (including phenoxy) is 1. The minimum Gasteiger partial charge on any atom is -0.497 e. The second-order valence-electron chi connectivity index (χ2n) is 5.08. The monoisotopic (exact) mass is 311 g/mol. The Bertz CT molecular complexity index is 781. The predicted molar refractivity (Wildman–Crippen MR) is 90.4 cm³/mol. The van der Waals surface area contributed by atoms with E-state index in [0.29, 0.717) is 13.0 Å². The summed E-state index contributed by atoms with van der Waals surface area (Å²) >= 11 is 1.61. The van der Waals surface area contributed by atoms with E-state index in [1.54, 1.807) is 18.4 Å². The summed E-state index contributed by atoms with van der Waals surface area (Å²) in [7, 11) is 1.67. The predicted octanol–water partition coefficient (Wildman–Crippen LogP) is 3.77. The molecule has 112 valence electrons. The van der Waals surface area contributed by atoms with Crippen molar-refractivity contribution in [3.8, 4) is 5.75 Å². The first kappa shape index (κ1) is 14.6. The van der Waals surface area contributed by atoms with E-state index in [9.17, 15) is 4.79 Å². The number of amides is 1. The molecule has 22 heavy (non-hydrogen) atoms. The first-order valence-corrected chi connectivity index (χ1v) is 7.98. The van der Waals surface area contributed by atoms with E-state index < -0.39 is 0 Å². The van der Waals surface area contributed by atoms with Crippen LogP contribution in [0.25, 0.3) is 10.8 Å². The average molecular weight is 311 g/mol. The summed E-state index contributed by atoms with van der Waals surface area (Å²) in [5, 5.41) is 7.23. The molecular formula is C18H17NO2S.